The number of methoxy groups -OCH3 is 1. The third-order valence-corrected chi connectivity index (χ3v) is 7.99. The molecule has 5 aromatic heterocycles. The smallest absolute Gasteiger partial charge is 0.252 e. The number of carbonyl (C=O) groups is 1. The summed E-state index contributed by atoms with van der Waals surface area (Å²) in [4.78, 5) is 27.5. The van der Waals surface area contributed by atoms with Crippen LogP contribution < -0.4 is 10.6 Å². The van der Waals surface area contributed by atoms with Crippen LogP contribution in [0.5, 0.6) is 0 Å². The topological polar surface area (TPSA) is 136 Å². The third kappa shape index (κ3) is 5.45. The van der Waals surface area contributed by atoms with Crippen molar-refractivity contribution in [2.45, 2.75) is 57.1 Å². The predicted octanol–water partition coefficient (Wildman–Crippen LogP) is 5.04. The Balaban J connectivity index is 1.14. The van der Waals surface area contributed by atoms with Gasteiger partial charge in [-0.1, -0.05) is 6.07 Å². The third-order valence-electron chi connectivity index (χ3n) is 7.99. The Bertz CT molecular complexity index is 1710. The first-order chi connectivity index (χ1) is 20.3. The minimum atomic E-state index is -0.937. The van der Waals surface area contributed by atoms with Crippen molar-refractivity contribution >= 4 is 28.4 Å². The molecule has 1 saturated carbocycles. The van der Waals surface area contributed by atoms with E-state index in [0.29, 0.717) is 30.3 Å². The zero-order valence-corrected chi connectivity index (χ0v) is 23.6. The van der Waals surface area contributed by atoms with Crippen LogP contribution in [0.2, 0.25) is 0 Å². The molecule has 1 aliphatic carbocycles. The highest BCUT2D eigenvalue weighted by atomic mass is 19.1. The quantitative estimate of drug-likeness (QED) is 0.236. The molecule has 1 atom stereocenters. The lowest BCUT2D eigenvalue weighted by Crippen LogP contribution is -2.50. The van der Waals surface area contributed by atoms with Gasteiger partial charge in [0.2, 0.25) is 0 Å². The molecule has 5 aromatic rings. The molecule has 0 aliphatic heterocycles. The highest BCUT2D eigenvalue weighted by molar-refractivity contribution is 5.91. The number of pyridine rings is 3. The number of aromatic nitrogens is 7. The van der Waals surface area contributed by atoms with Crippen molar-refractivity contribution in [1.82, 2.24) is 40.2 Å². The van der Waals surface area contributed by atoms with Crippen LogP contribution in [0.25, 0.3) is 16.7 Å². The first-order valence-corrected chi connectivity index (χ1v) is 13.9. The van der Waals surface area contributed by atoms with Gasteiger partial charge in [-0.2, -0.15) is 10.2 Å². The van der Waals surface area contributed by atoms with E-state index >= 15 is 0 Å². The van der Waals surface area contributed by atoms with Gasteiger partial charge in [-0.15, -0.1) is 0 Å². The van der Waals surface area contributed by atoms with E-state index in [0.717, 1.165) is 46.9 Å². The van der Waals surface area contributed by atoms with Crippen molar-refractivity contribution in [2.24, 2.45) is 0 Å². The zero-order valence-electron chi connectivity index (χ0n) is 23.6. The summed E-state index contributed by atoms with van der Waals surface area (Å²) in [6.45, 7) is 3.85. The van der Waals surface area contributed by atoms with E-state index in [4.69, 9.17) is 9.72 Å². The number of nitrogens with zero attached hydrogens (tertiary/aromatic N) is 6. The molecule has 0 spiro atoms. The molecule has 1 amide bonds. The molecule has 216 valence electrons. The standard InChI is InChI=1S/C30H32FN9O2/c1-18-13-26(39-38-18)37-28-23-5-4-12-32-25(23)14-24(36-28)20-8-10-30(42-3,11-9-20)29(41)35-19(2)21-6-7-27(33-15-21)40-17-22(31)16-34-40/h4-7,12-17,19-20H,8-11H2,1-3H3,(H,35,41)(H2,36,37,38,39)/t19-,20-,30-/m0/s1. The van der Waals surface area contributed by atoms with Crippen molar-refractivity contribution < 1.29 is 13.9 Å². The van der Waals surface area contributed by atoms with Gasteiger partial charge in [0.15, 0.2) is 17.5 Å². The van der Waals surface area contributed by atoms with Gasteiger partial charge in [-0.05, 0) is 69.4 Å². The van der Waals surface area contributed by atoms with Crippen LogP contribution in [0.4, 0.5) is 16.0 Å². The minimum Gasteiger partial charge on any atom is -0.368 e. The lowest BCUT2D eigenvalue weighted by Gasteiger charge is -2.38. The Kier molecular flexibility index (Phi) is 7.38. The summed E-state index contributed by atoms with van der Waals surface area (Å²) in [5.41, 5.74) is 2.61. The second-order valence-corrected chi connectivity index (χ2v) is 10.7. The van der Waals surface area contributed by atoms with Gasteiger partial charge >= 0.3 is 0 Å². The number of nitrogens with one attached hydrogen (secondary N) is 3. The molecule has 0 unspecified atom stereocenters. The molecule has 1 aliphatic rings. The van der Waals surface area contributed by atoms with Crippen LogP contribution in [0.3, 0.4) is 0 Å². The Morgan fingerprint density at radius 1 is 1.19 bits per heavy atom. The Labute approximate surface area is 241 Å². The highest BCUT2D eigenvalue weighted by Gasteiger charge is 2.43. The van der Waals surface area contributed by atoms with E-state index in [1.54, 1.807) is 25.6 Å². The second kappa shape index (κ2) is 11.3. The van der Waals surface area contributed by atoms with Gasteiger partial charge in [-0.25, -0.2) is 19.0 Å². The summed E-state index contributed by atoms with van der Waals surface area (Å²) in [7, 11) is 1.59. The molecule has 0 radical (unpaired) electrons. The number of carbonyl (C=O) groups excluding carboxylic acids is 1. The number of ether oxygens (including phenoxy) is 1. The van der Waals surface area contributed by atoms with Crippen molar-refractivity contribution in [3.8, 4) is 5.82 Å². The van der Waals surface area contributed by atoms with Gasteiger partial charge in [0.25, 0.3) is 5.91 Å². The first kappa shape index (κ1) is 27.5. The monoisotopic (exact) mass is 569 g/mol. The van der Waals surface area contributed by atoms with Crippen LogP contribution in [-0.4, -0.2) is 53.5 Å². The van der Waals surface area contributed by atoms with Crippen LogP contribution in [-0.2, 0) is 9.53 Å². The molecule has 1 fully saturated rings. The number of halogens is 1. The van der Waals surface area contributed by atoms with E-state index < -0.39 is 11.4 Å². The summed E-state index contributed by atoms with van der Waals surface area (Å²) in [6.07, 6.45) is 8.39. The predicted molar refractivity (Wildman–Crippen MR) is 155 cm³/mol. The summed E-state index contributed by atoms with van der Waals surface area (Å²) < 4.78 is 20.6. The number of aromatic amines is 1. The van der Waals surface area contributed by atoms with Crippen molar-refractivity contribution in [3.05, 3.63) is 84.0 Å². The van der Waals surface area contributed by atoms with Crippen LogP contribution in [0.1, 0.15) is 61.5 Å². The Morgan fingerprint density at radius 3 is 2.69 bits per heavy atom. The summed E-state index contributed by atoms with van der Waals surface area (Å²) in [6, 6.07) is 11.1. The molecular weight excluding hydrogens is 537 g/mol. The first-order valence-electron chi connectivity index (χ1n) is 13.9. The Morgan fingerprint density at radius 2 is 2.02 bits per heavy atom. The van der Waals surface area contributed by atoms with E-state index in [1.807, 2.05) is 44.2 Å². The zero-order chi connectivity index (χ0) is 29.3. The van der Waals surface area contributed by atoms with Crippen molar-refractivity contribution in [3.63, 3.8) is 0 Å². The molecule has 0 saturated heterocycles. The maximum Gasteiger partial charge on any atom is 0.252 e. The van der Waals surface area contributed by atoms with E-state index in [-0.39, 0.29) is 17.9 Å². The molecule has 3 N–H and O–H groups in total. The van der Waals surface area contributed by atoms with E-state index in [1.165, 1.54) is 10.9 Å². The van der Waals surface area contributed by atoms with E-state index in [2.05, 4.69) is 35.9 Å². The van der Waals surface area contributed by atoms with Gasteiger partial charge in [0.1, 0.15) is 11.4 Å². The Hall–Kier alpha value is -4.71. The average molecular weight is 570 g/mol. The maximum absolute atomic E-state index is 13.5. The lowest BCUT2D eigenvalue weighted by molar-refractivity contribution is -0.148. The maximum atomic E-state index is 13.5. The SMILES string of the molecule is CO[C@]1(C(=O)N[C@@H](C)c2ccc(-n3cc(F)cn3)nc2)CC[C@@H](c2cc3ncccc3c(Nc3cc(C)[nH]n3)n2)CC1. The molecule has 11 nitrogen and oxygen atoms in total. The van der Waals surface area contributed by atoms with Crippen molar-refractivity contribution in [2.75, 3.05) is 12.4 Å². The second-order valence-electron chi connectivity index (χ2n) is 10.7. The summed E-state index contributed by atoms with van der Waals surface area (Å²) in [5.74, 6) is 1.44. The van der Waals surface area contributed by atoms with Crippen molar-refractivity contribution in [1.29, 1.82) is 0 Å². The molecule has 12 heteroatoms. The number of hydrogen-bond donors (Lipinski definition) is 3. The fourth-order valence-corrected chi connectivity index (χ4v) is 5.53. The molecular formula is C30H32FN9O2. The number of fused-ring (bicyclic) bond motifs is 1. The molecule has 5 heterocycles. The lowest BCUT2D eigenvalue weighted by atomic mass is 9.76. The molecule has 0 aromatic carbocycles. The number of rotatable bonds is 8. The number of aryl methyl sites for hydroxylation is 1. The fourth-order valence-electron chi connectivity index (χ4n) is 5.53. The van der Waals surface area contributed by atoms with Crippen LogP contribution in [0, 0.1) is 12.7 Å². The summed E-state index contributed by atoms with van der Waals surface area (Å²) >= 11 is 0. The normalized spacial score (nSPS) is 19.5. The number of amides is 1. The van der Waals surface area contributed by atoms with Crippen LogP contribution in [0.15, 0.2) is 61.2 Å². The molecule has 42 heavy (non-hydrogen) atoms. The minimum absolute atomic E-state index is 0.148. The van der Waals surface area contributed by atoms with Crippen LogP contribution >= 0.6 is 0 Å². The number of anilines is 2. The molecule has 6 rings (SSSR count). The highest BCUT2D eigenvalue weighted by Crippen LogP contribution is 2.41. The average Bonchev–Trinajstić information content (AvgIpc) is 3.64. The fraction of sp³-hybridized carbons (Fsp3) is 0.333. The largest absolute Gasteiger partial charge is 0.368 e. The van der Waals surface area contributed by atoms with Gasteiger partial charge in [-0.3, -0.25) is 14.9 Å². The van der Waals surface area contributed by atoms with Gasteiger partial charge in [0.05, 0.1) is 24.0 Å². The summed E-state index contributed by atoms with van der Waals surface area (Å²) in [5, 5.41) is 18.5. The molecule has 0 bridgehead atoms. The van der Waals surface area contributed by atoms with E-state index in [9.17, 15) is 9.18 Å². The number of H-pyrrole nitrogens is 1. The van der Waals surface area contributed by atoms with Gasteiger partial charge in [0, 0.05) is 48.3 Å². The number of hydrogen-bond acceptors (Lipinski definition) is 8. The van der Waals surface area contributed by atoms with Gasteiger partial charge < -0.3 is 15.4 Å².